The molecular formula is C28H29NO6P2. The van der Waals surface area contributed by atoms with Crippen molar-refractivity contribution in [2.45, 2.75) is 27.7 Å². The molecule has 0 saturated heterocycles. The van der Waals surface area contributed by atoms with Crippen molar-refractivity contribution in [2.24, 2.45) is 0 Å². The fraction of sp³-hybridized carbons (Fsp3) is 0.143. The number of nitrogens with one attached hydrogen (secondary N) is 1. The average molecular weight is 537 g/mol. The fourth-order valence-corrected chi connectivity index (χ4v) is 7.00. The quantitative estimate of drug-likeness (QED) is 0.204. The van der Waals surface area contributed by atoms with Crippen molar-refractivity contribution in [3.63, 3.8) is 0 Å². The molecule has 37 heavy (non-hydrogen) atoms. The third kappa shape index (κ3) is 7.74. The van der Waals surface area contributed by atoms with Gasteiger partial charge in [0.05, 0.1) is 0 Å². The van der Waals surface area contributed by atoms with E-state index in [0.717, 1.165) is 22.3 Å². The van der Waals surface area contributed by atoms with Gasteiger partial charge in [-0.1, -0.05) is 53.4 Å². The molecule has 4 rings (SSSR count). The predicted octanol–water partition coefficient (Wildman–Crippen LogP) is 8.34. The van der Waals surface area contributed by atoms with Crippen LogP contribution in [0.3, 0.4) is 0 Å². The average Bonchev–Trinajstić information content (AvgIpc) is 2.78. The van der Waals surface area contributed by atoms with Crippen molar-refractivity contribution >= 4 is 15.5 Å². The van der Waals surface area contributed by atoms with Crippen LogP contribution in [0.25, 0.3) is 0 Å². The lowest BCUT2D eigenvalue weighted by atomic mass is 10.2. The maximum Gasteiger partial charge on any atom is 0.524 e. The standard InChI is InChI=1S/C28H29NO6P2/c1-21-9-5-13-25(17-21)32-36(30,33-26-14-6-10-22(2)18-26)29-37(31,34-27-15-7-11-23(3)19-27)35-28-16-8-12-24(4)20-28/h5-20H,1-4H3,(H,29,30,31). The van der Waals surface area contributed by atoms with Crippen LogP contribution in [-0.4, -0.2) is 0 Å². The van der Waals surface area contributed by atoms with Crippen LogP contribution in [0, 0.1) is 27.7 Å². The Balaban J connectivity index is 1.74. The van der Waals surface area contributed by atoms with Gasteiger partial charge in [0.2, 0.25) is 0 Å². The number of benzene rings is 4. The summed E-state index contributed by atoms with van der Waals surface area (Å²) in [7, 11) is -8.77. The topological polar surface area (TPSA) is 83.1 Å². The van der Waals surface area contributed by atoms with E-state index >= 15 is 0 Å². The first-order chi connectivity index (χ1) is 17.6. The van der Waals surface area contributed by atoms with Crippen LogP contribution in [-0.2, 0) is 9.13 Å². The number of hydrogen-bond acceptors (Lipinski definition) is 6. The largest absolute Gasteiger partial charge is 0.524 e. The molecule has 7 nitrogen and oxygen atoms in total. The SMILES string of the molecule is Cc1cccc(OP(=O)(NP(=O)(Oc2cccc(C)c2)Oc2cccc(C)c2)Oc2cccc(C)c2)c1. The Labute approximate surface area is 217 Å². The molecule has 4 aromatic carbocycles. The lowest BCUT2D eigenvalue weighted by molar-refractivity contribution is 0.353. The maximum absolute atomic E-state index is 14.2. The molecule has 0 fully saturated rings. The van der Waals surface area contributed by atoms with Crippen molar-refractivity contribution in [2.75, 3.05) is 0 Å². The molecule has 0 aliphatic rings. The minimum Gasteiger partial charge on any atom is -0.404 e. The highest BCUT2D eigenvalue weighted by molar-refractivity contribution is 7.68. The molecule has 0 bridgehead atoms. The highest BCUT2D eigenvalue weighted by Crippen LogP contribution is 2.57. The molecule has 192 valence electrons. The zero-order valence-electron chi connectivity index (χ0n) is 21.1. The van der Waals surface area contributed by atoms with Crippen LogP contribution in [0.4, 0.5) is 0 Å². The molecule has 0 amide bonds. The third-order valence-corrected chi connectivity index (χ3v) is 8.87. The summed E-state index contributed by atoms with van der Waals surface area (Å²) in [5.74, 6) is 1.06. The van der Waals surface area contributed by atoms with Gasteiger partial charge in [0, 0.05) is 0 Å². The maximum atomic E-state index is 14.2. The summed E-state index contributed by atoms with van der Waals surface area (Å²) in [4.78, 5) is 2.50. The molecule has 1 N–H and O–H groups in total. The van der Waals surface area contributed by atoms with Crippen molar-refractivity contribution in [1.82, 2.24) is 4.86 Å². The van der Waals surface area contributed by atoms with Crippen LogP contribution in [0.5, 0.6) is 23.0 Å². The van der Waals surface area contributed by atoms with E-state index in [1.807, 2.05) is 52.0 Å². The van der Waals surface area contributed by atoms with Gasteiger partial charge >= 0.3 is 15.5 Å². The first-order valence-electron chi connectivity index (χ1n) is 11.6. The minimum atomic E-state index is -4.39. The molecule has 0 saturated carbocycles. The highest BCUT2D eigenvalue weighted by atomic mass is 31.3. The Kier molecular flexibility index (Phi) is 8.09. The molecule has 0 atom stereocenters. The second-order valence-electron chi connectivity index (χ2n) is 8.73. The molecule has 0 radical (unpaired) electrons. The summed E-state index contributed by atoms with van der Waals surface area (Å²) in [5.41, 5.74) is 3.54. The van der Waals surface area contributed by atoms with Gasteiger partial charge in [-0.3, -0.25) is 0 Å². The Bertz CT molecular complexity index is 1280. The number of hydrogen-bond donors (Lipinski definition) is 1. The lowest BCUT2D eigenvalue weighted by Gasteiger charge is -2.26. The molecule has 0 aliphatic carbocycles. The monoisotopic (exact) mass is 537 g/mol. The third-order valence-electron chi connectivity index (χ3n) is 5.11. The van der Waals surface area contributed by atoms with Crippen LogP contribution < -0.4 is 23.0 Å². The van der Waals surface area contributed by atoms with Gasteiger partial charge in [-0.2, -0.15) is 0 Å². The zero-order valence-corrected chi connectivity index (χ0v) is 22.9. The summed E-state index contributed by atoms with van der Waals surface area (Å²) in [6.07, 6.45) is 0. The second-order valence-corrected chi connectivity index (χ2v) is 12.2. The van der Waals surface area contributed by atoms with Gasteiger partial charge in [0.15, 0.2) is 0 Å². The highest BCUT2D eigenvalue weighted by Gasteiger charge is 2.43. The molecule has 9 heteroatoms. The van der Waals surface area contributed by atoms with Gasteiger partial charge in [-0.25, -0.2) is 9.13 Å². The van der Waals surface area contributed by atoms with Crippen molar-refractivity contribution in [3.05, 3.63) is 119 Å². The summed E-state index contributed by atoms with van der Waals surface area (Å²) in [6.45, 7) is 7.50. The molecule has 0 heterocycles. The Morgan fingerprint density at radius 2 is 0.703 bits per heavy atom. The smallest absolute Gasteiger partial charge is 0.404 e. The molecular weight excluding hydrogens is 508 g/mol. The summed E-state index contributed by atoms with van der Waals surface area (Å²) in [5, 5.41) is 0. The van der Waals surface area contributed by atoms with Crippen LogP contribution in [0.15, 0.2) is 97.1 Å². The minimum absolute atomic E-state index is 0.265. The van der Waals surface area contributed by atoms with Crippen molar-refractivity contribution in [3.8, 4) is 23.0 Å². The zero-order chi connectivity index (χ0) is 26.5. The Morgan fingerprint density at radius 1 is 0.459 bits per heavy atom. The van der Waals surface area contributed by atoms with E-state index in [0.29, 0.717) is 0 Å². The molecule has 4 aromatic rings. The van der Waals surface area contributed by atoms with E-state index in [-0.39, 0.29) is 23.0 Å². The van der Waals surface area contributed by atoms with E-state index in [9.17, 15) is 9.13 Å². The van der Waals surface area contributed by atoms with E-state index in [1.165, 1.54) is 0 Å². The van der Waals surface area contributed by atoms with Gasteiger partial charge in [0.25, 0.3) is 0 Å². The summed E-state index contributed by atoms with van der Waals surface area (Å²) >= 11 is 0. The van der Waals surface area contributed by atoms with E-state index in [4.69, 9.17) is 18.1 Å². The first kappa shape index (κ1) is 26.6. The van der Waals surface area contributed by atoms with Crippen LogP contribution in [0.2, 0.25) is 0 Å². The van der Waals surface area contributed by atoms with Gasteiger partial charge in [0.1, 0.15) is 23.0 Å². The fourth-order valence-electron chi connectivity index (χ4n) is 3.51. The normalized spacial score (nSPS) is 11.6. The Morgan fingerprint density at radius 3 is 0.919 bits per heavy atom. The number of rotatable bonds is 10. The van der Waals surface area contributed by atoms with E-state index in [1.54, 1.807) is 72.8 Å². The molecule has 0 aromatic heterocycles. The van der Waals surface area contributed by atoms with Gasteiger partial charge < -0.3 is 18.1 Å². The number of aryl methyl sites for hydroxylation is 4. The van der Waals surface area contributed by atoms with Gasteiger partial charge in [-0.15, -0.1) is 0 Å². The molecule has 0 aliphatic heterocycles. The van der Waals surface area contributed by atoms with Crippen molar-refractivity contribution < 1.29 is 27.2 Å². The Hall–Kier alpha value is -3.50. The van der Waals surface area contributed by atoms with Crippen LogP contribution >= 0.6 is 15.5 Å². The lowest BCUT2D eigenvalue weighted by Crippen LogP contribution is -2.22. The van der Waals surface area contributed by atoms with Crippen molar-refractivity contribution in [1.29, 1.82) is 0 Å². The molecule has 0 unspecified atom stereocenters. The van der Waals surface area contributed by atoms with Gasteiger partial charge in [-0.05, 0) is 98.5 Å². The second kappa shape index (κ2) is 11.3. The molecule has 0 spiro atoms. The first-order valence-corrected chi connectivity index (χ1v) is 14.7. The summed E-state index contributed by atoms with van der Waals surface area (Å²) < 4.78 is 51.8. The van der Waals surface area contributed by atoms with E-state index < -0.39 is 15.5 Å². The van der Waals surface area contributed by atoms with E-state index in [2.05, 4.69) is 4.86 Å². The van der Waals surface area contributed by atoms with Crippen LogP contribution in [0.1, 0.15) is 22.3 Å². The summed E-state index contributed by atoms with van der Waals surface area (Å²) in [6, 6.07) is 27.8. The predicted molar refractivity (Wildman–Crippen MR) is 146 cm³/mol.